The van der Waals surface area contributed by atoms with Gasteiger partial charge < -0.3 is 20.3 Å². The van der Waals surface area contributed by atoms with Crippen molar-refractivity contribution < 1.29 is 9.53 Å². The zero-order valence-corrected chi connectivity index (χ0v) is 24.2. The number of nitrogens with zero attached hydrogens (tertiary/aromatic N) is 4. The van der Waals surface area contributed by atoms with Crippen LogP contribution < -0.4 is 20.3 Å². The predicted octanol–water partition coefficient (Wildman–Crippen LogP) is 6.87. The second kappa shape index (κ2) is 11.6. The van der Waals surface area contributed by atoms with Gasteiger partial charge in [-0.3, -0.25) is 4.79 Å². The van der Waals surface area contributed by atoms with E-state index in [0.717, 1.165) is 41.9 Å². The Labute approximate surface area is 243 Å². The monoisotopic (exact) mass is 564 g/mol. The number of aromatic nitrogens is 3. The van der Waals surface area contributed by atoms with Crippen LogP contribution in [-0.2, 0) is 11.3 Å². The highest BCUT2D eigenvalue weighted by molar-refractivity contribution is 7.15. The van der Waals surface area contributed by atoms with Crippen molar-refractivity contribution in [2.75, 3.05) is 23.8 Å². The molecule has 1 atom stereocenters. The number of fused-ring (bicyclic) bond motifs is 1. The lowest BCUT2D eigenvalue weighted by Gasteiger charge is -2.16. The summed E-state index contributed by atoms with van der Waals surface area (Å²) in [5.74, 6) is 2.66. The fourth-order valence-corrected chi connectivity index (χ4v) is 6.21. The zero-order chi connectivity index (χ0) is 28.3. The Hall–Kier alpha value is -4.34. The average molecular weight is 565 g/mol. The van der Waals surface area contributed by atoms with Gasteiger partial charge in [0, 0.05) is 46.4 Å². The summed E-state index contributed by atoms with van der Waals surface area (Å²) in [7, 11) is 1.97. The van der Waals surface area contributed by atoms with E-state index in [-0.39, 0.29) is 11.9 Å². The van der Waals surface area contributed by atoms with Crippen LogP contribution in [0.4, 0.5) is 11.5 Å². The smallest absolute Gasteiger partial charge is 0.227 e. The van der Waals surface area contributed by atoms with Crippen molar-refractivity contribution in [3.05, 3.63) is 89.2 Å². The Kier molecular flexibility index (Phi) is 7.63. The number of amides is 1. The third-order valence-electron chi connectivity index (χ3n) is 7.17. The molecule has 1 aliphatic rings. The number of nitrogens with one attached hydrogen (secondary N) is 2. The molecule has 8 nitrogen and oxygen atoms in total. The molecule has 0 bridgehead atoms. The summed E-state index contributed by atoms with van der Waals surface area (Å²) in [5.41, 5.74) is 4.16. The van der Waals surface area contributed by atoms with Crippen molar-refractivity contribution >= 4 is 39.7 Å². The Morgan fingerprint density at radius 3 is 2.68 bits per heavy atom. The first-order chi connectivity index (χ1) is 20.0. The van der Waals surface area contributed by atoms with Gasteiger partial charge in [0.1, 0.15) is 17.4 Å². The topological polar surface area (TPSA) is 92.3 Å². The number of thiophene rings is 1. The number of aryl methyl sites for hydroxylation is 1. The highest BCUT2D eigenvalue weighted by Crippen LogP contribution is 2.36. The molecule has 9 heteroatoms. The molecule has 1 unspecified atom stereocenters. The molecule has 2 N–H and O–H groups in total. The predicted molar refractivity (Wildman–Crippen MR) is 165 cm³/mol. The Bertz CT molecular complexity index is 1700. The van der Waals surface area contributed by atoms with E-state index in [9.17, 15) is 4.79 Å². The lowest BCUT2D eigenvalue weighted by Crippen LogP contribution is -2.23. The lowest BCUT2D eigenvalue weighted by atomic mass is 10.1. The van der Waals surface area contributed by atoms with Crippen LogP contribution >= 0.6 is 11.3 Å². The maximum atomic E-state index is 12.1. The van der Waals surface area contributed by atoms with Gasteiger partial charge in [-0.1, -0.05) is 24.3 Å². The van der Waals surface area contributed by atoms with Crippen molar-refractivity contribution in [1.29, 1.82) is 0 Å². The van der Waals surface area contributed by atoms with E-state index in [1.54, 1.807) is 17.5 Å². The SMILES string of the molecule is CNCc1ccccc1-c1ccc(C(C)Nc2nc(C)nc3cnc(Oc4ccc(N5CCCC5=O)cc4)cc23)s1. The number of carbonyl (C=O) groups excluding carboxylic acids is 1. The van der Waals surface area contributed by atoms with Crippen LogP contribution in [0.1, 0.15) is 42.1 Å². The van der Waals surface area contributed by atoms with Crippen LogP contribution in [0.3, 0.4) is 0 Å². The first kappa shape index (κ1) is 26.9. The number of rotatable bonds is 9. The maximum absolute atomic E-state index is 12.1. The standard InChI is InChI=1S/C32H32N6O2S/c1-20(28-14-15-29(41-28)25-8-5-4-7-22(25)18-33-3)35-32-26-17-30(34-19-27(26)36-21(2)37-32)40-24-12-10-23(11-13-24)38-16-6-9-31(38)39/h4-5,7-8,10-15,17,19-20,33H,6,9,16,18H2,1-3H3,(H,35,36,37). The molecular weight excluding hydrogens is 532 g/mol. The fourth-order valence-electron chi connectivity index (χ4n) is 5.14. The first-order valence-electron chi connectivity index (χ1n) is 13.8. The van der Waals surface area contributed by atoms with Gasteiger partial charge in [-0.2, -0.15) is 0 Å². The molecule has 0 radical (unpaired) electrons. The molecule has 1 aliphatic heterocycles. The Morgan fingerprint density at radius 2 is 1.90 bits per heavy atom. The summed E-state index contributed by atoms with van der Waals surface area (Å²) < 4.78 is 6.09. The fraction of sp³-hybridized carbons (Fsp3) is 0.250. The molecule has 6 rings (SSSR count). The van der Waals surface area contributed by atoms with Crippen LogP contribution in [-0.4, -0.2) is 34.5 Å². The number of benzene rings is 2. The number of pyridine rings is 1. The van der Waals surface area contributed by atoms with Crippen molar-refractivity contribution in [1.82, 2.24) is 20.3 Å². The minimum absolute atomic E-state index is 0.0288. The number of hydrogen-bond acceptors (Lipinski definition) is 8. The molecule has 0 spiro atoms. The second-order valence-corrected chi connectivity index (χ2v) is 11.3. The van der Waals surface area contributed by atoms with Gasteiger partial charge in [-0.05, 0) is 74.8 Å². The molecule has 0 saturated carbocycles. The highest BCUT2D eigenvalue weighted by atomic mass is 32.1. The largest absolute Gasteiger partial charge is 0.439 e. The molecule has 1 saturated heterocycles. The summed E-state index contributed by atoms with van der Waals surface area (Å²) in [4.78, 5) is 30.1. The highest BCUT2D eigenvalue weighted by Gasteiger charge is 2.21. The Balaban J connectivity index is 1.23. The van der Waals surface area contributed by atoms with Crippen LogP contribution in [0.5, 0.6) is 11.6 Å². The number of hydrogen-bond donors (Lipinski definition) is 2. The summed E-state index contributed by atoms with van der Waals surface area (Å²) >= 11 is 1.78. The van der Waals surface area contributed by atoms with E-state index in [1.807, 2.05) is 49.2 Å². The number of ether oxygens (including phenoxy) is 1. The minimum Gasteiger partial charge on any atom is -0.439 e. The van der Waals surface area contributed by atoms with Gasteiger partial charge >= 0.3 is 0 Å². The molecular formula is C32H32N6O2S. The van der Waals surface area contributed by atoms with Gasteiger partial charge in [0.15, 0.2) is 0 Å². The number of anilines is 2. The number of carbonyl (C=O) groups is 1. The van der Waals surface area contributed by atoms with Crippen molar-refractivity contribution in [3.8, 4) is 22.1 Å². The molecule has 1 fully saturated rings. The summed E-state index contributed by atoms with van der Waals surface area (Å²) in [5, 5.41) is 7.71. The summed E-state index contributed by atoms with van der Waals surface area (Å²) in [6.45, 7) is 5.61. The molecule has 5 aromatic rings. The van der Waals surface area contributed by atoms with Gasteiger partial charge in [-0.25, -0.2) is 15.0 Å². The summed E-state index contributed by atoms with van der Waals surface area (Å²) in [6, 6.07) is 22.3. The van der Waals surface area contributed by atoms with E-state index in [1.165, 1.54) is 20.9 Å². The van der Waals surface area contributed by atoms with Crippen LogP contribution in [0.2, 0.25) is 0 Å². The molecule has 0 aliphatic carbocycles. The van der Waals surface area contributed by atoms with E-state index < -0.39 is 0 Å². The quantitative estimate of drug-likeness (QED) is 0.202. The minimum atomic E-state index is 0.0288. The van der Waals surface area contributed by atoms with E-state index >= 15 is 0 Å². The lowest BCUT2D eigenvalue weighted by molar-refractivity contribution is -0.117. The molecule has 3 aromatic heterocycles. The Morgan fingerprint density at radius 1 is 1.07 bits per heavy atom. The normalized spacial score (nSPS) is 14.0. The van der Waals surface area contributed by atoms with Crippen molar-refractivity contribution in [2.24, 2.45) is 0 Å². The zero-order valence-electron chi connectivity index (χ0n) is 23.3. The third-order valence-corrected chi connectivity index (χ3v) is 8.47. The molecule has 1 amide bonds. The van der Waals surface area contributed by atoms with Crippen LogP contribution in [0.15, 0.2) is 72.9 Å². The van der Waals surface area contributed by atoms with E-state index in [4.69, 9.17) is 9.72 Å². The molecule has 4 heterocycles. The van der Waals surface area contributed by atoms with E-state index in [2.05, 4.69) is 63.9 Å². The van der Waals surface area contributed by atoms with Gasteiger partial charge in [0.25, 0.3) is 0 Å². The maximum Gasteiger partial charge on any atom is 0.227 e. The summed E-state index contributed by atoms with van der Waals surface area (Å²) in [6.07, 6.45) is 3.22. The second-order valence-electron chi connectivity index (χ2n) is 10.2. The first-order valence-corrected chi connectivity index (χ1v) is 14.6. The van der Waals surface area contributed by atoms with E-state index in [0.29, 0.717) is 23.9 Å². The third kappa shape index (κ3) is 5.77. The van der Waals surface area contributed by atoms with Crippen LogP contribution in [0.25, 0.3) is 21.3 Å². The van der Waals surface area contributed by atoms with Gasteiger partial charge in [0.2, 0.25) is 11.8 Å². The average Bonchev–Trinajstić information content (AvgIpc) is 3.64. The van der Waals surface area contributed by atoms with Crippen molar-refractivity contribution in [3.63, 3.8) is 0 Å². The molecule has 41 heavy (non-hydrogen) atoms. The van der Waals surface area contributed by atoms with Gasteiger partial charge in [-0.15, -0.1) is 11.3 Å². The molecule has 208 valence electrons. The van der Waals surface area contributed by atoms with Gasteiger partial charge in [0.05, 0.1) is 17.8 Å². The van der Waals surface area contributed by atoms with Crippen LogP contribution in [0, 0.1) is 6.92 Å². The van der Waals surface area contributed by atoms with Crippen molar-refractivity contribution in [2.45, 2.75) is 39.3 Å². The molecule has 2 aromatic carbocycles.